The van der Waals surface area contributed by atoms with Crippen LogP contribution in [0.5, 0.6) is 0 Å². The van der Waals surface area contributed by atoms with E-state index in [0.717, 1.165) is 30.8 Å². The Labute approximate surface area is 145 Å². The van der Waals surface area contributed by atoms with Crippen LogP contribution in [0.15, 0.2) is 27.6 Å². The first-order valence-electron chi connectivity index (χ1n) is 8.25. The Morgan fingerprint density at radius 1 is 1.30 bits per heavy atom. The molecule has 2 aliphatic rings. The first kappa shape index (κ1) is 15.4. The van der Waals surface area contributed by atoms with E-state index in [-0.39, 0.29) is 5.91 Å². The zero-order valence-corrected chi connectivity index (χ0v) is 15.0. The number of thiophene rings is 2. The topological polar surface area (TPSA) is 32.3 Å². The Morgan fingerprint density at radius 3 is 2.78 bits per heavy atom. The monoisotopic (exact) mass is 346 g/mol. The largest absolute Gasteiger partial charge is 0.331 e. The van der Waals surface area contributed by atoms with Crippen LogP contribution in [-0.2, 0) is 6.54 Å². The molecule has 0 bridgehead atoms. The molecule has 1 aliphatic heterocycles. The van der Waals surface area contributed by atoms with E-state index in [0.29, 0.717) is 11.5 Å². The smallest absolute Gasteiger partial charge is 0.255 e. The third-order valence-corrected chi connectivity index (χ3v) is 7.00. The molecule has 3 heterocycles. The number of aryl methyl sites for hydroxylation is 1. The van der Waals surface area contributed by atoms with E-state index in [4.69, 9.17) is 0 Å². The molecule has 1 amide bonds. The summed E-state index contributed by atoms with van der Waals surface area (Å²) >= 11 is 3.33. The maximum absolute atomic E-state index is 13.2. The lowest BCUT2D eigenvalue weighted by Crippen LogP contribution is -2.39. The predicted molar refractivity (Wildman–Crippen MR) is 96.2 cm³/mol. The maximum Gasteiger partial charge on any atom is 0.255 e. The number of carbonyl (C=O) groups is 1. The highest BCUT2D eigenvalue weighted by atomic mass is 32.1. The summed E-state index contributed by atoms with van der Waals surface area (Å²) in [7, 11) is 0. The molecule has 2 fully saturated rings. The molecule has 0 radical (unpaired) electrons. The van der Waals surface area contributed by atoms with Gasteiger partial charge in [0.2, 0.25) is 0 Å². The first-order chi connectivity index (χ1) is 11.2. The summed E-state index contributed by atoms with van der Waals surface area (Å²) in [4.78, 5) is 15.3. The lowest BCUT2D eigenvalue weighted by molar-refractivity contribution is 0.0692. The second-order valence-corrected chi connectivity index (χ2v) is 8.39. The van der Waals surface area contributed by atoms with Crippen LogP contribution in [0, 0.1) is 12.3 Å². The lowest BCUT2D eigenvalue weighted by Gasteiger charge is -2.29. The van der Waals surface area contributed by atoms with Crippen molar-refractivity contribution in [1.29, 1.82) is 0 Å². The molecular weight excluding hydrogens is 324 g/mol. The standard InChI is InChI=1S/C18H22N2OS2/c1-13-10-23-12-15(13)17(21)20(9-14-2-7-22-11-14)16-8-18(16)3-5-19-6-4-18/h2,7,10-12,16,19H,3-6,8-9H2,1H3. The molecule has 1 unspecified atom stereocenters. The number of rotatable bonds is 4. The van der Waals surface area contributed by atoms with Gasteiger partial charge in [-0.1, -0.05) is 0 Å². The zero-order valence-electron chi connectivity index (χ0n) is 13.4. The van der Waals surface area contributed by atoms with E-state index in [2.05, 4.69) is 32.4 Å². The summed E-state index contributed by atoms with van der Waals surface area (Å²) in [6.07, 6.45) is 3.58. The summed E-state index contributed by atoms with van der Waals surface area (Å²) in [6.45, 7) is 4.97. The molecule has 122 valence electrons. The molecule has 23 heavy (non-hydrogen) atoms. The van der Waals surface area contributed by atoms with Crippen molar-refractivity contribution in [3.05, 3.63) is 44.3 Å². The van der Waals surface area contributed by atoms with Crippen LogP contribution in [-0.4, -0.2) is 29.9 Å². The third-order valence-electron chi connectivity index (χ3n) is 5.40. The van der Waals surface area contributed by atoms with Crippen molar-refractivity contribution in [2.45, 2.75) is 38.8 Å². The van der Waals surface area contributed by atoms with Crippen molar-refractivity contribution in [1.82, 2.24) is 10.2 Å². The predicted octanol–water partition coefficient (Wildman–Crippen LogP) is 3.90. The minimum absolute atomic E-state index is 0.218. The molecule has 1 N–H and O–H groups in total. The first-order valence-corrected chi connectivity index (χ1v) is 10.1. The quantitative estimate of drug-likeness (QED) is 0.910. The highest BCUT2D eigenvalue weighted by Gasteiger charge is 2.57. The van der Waals surface area contributed by atoms with Gasteiger partial charge in [0, 0.05) is 18.0 Å². The minimum atomic E-state index is 0.218. The van der Waals surface area contributed by atoms with E-state index in [9.17, 15) is 4.79 Å². The Kier molecular flexibility index (Phi) is 4.03. The van der Waals surface area contributed by atoms with Gasteiger partial charge in [-0.05, 0) is 78.0 Å². The van der Waals surface area contributed by atoms with Crippen LogP contribution in [0.25, 0.3) is 0 Å². The van der Waals surface area contributed by atoms with Crippen LogP contribution >= 0.6 is 22.7 Å². The van der Waals surface area contributed by atoms with Gasteiger partial charge < -0.3 is 10.2 Å². The van der Waals surface area contributed by atoms with E-state index in [1.165, 1.54) is 24.8 Å². The van der Waals surface area contributed by atoms with Crippen molar-refractivity contribution in [2.75, 3.05) is 13.1 Å². The highest BCUT2D eigenvalue weighted by molar-refractivity contribution is 7.08. The van der Waals surface area contributed by atoms with Gasteiger partial charge in [0.15, 0.2) is 0 Å². The van der Waals surface area contributed by atoms with Gasteiger partial charge in [0.05, 0.1) is 5.56 Å². The van der Waals surface area contributed by atoms with Crippen LogP contribution in [0.3, 0.4) is 0 Å². The minimum Gasteiger partial charge on any atom is -0.331 e. The number of amides is 1. The highest BCUT2D eigenvalue weighted by Crippen LogP contribution is 2.56. The number of hydrogen-bond acceptors (Lipinski definition) is 4. The van der Waals surface area contributed by atoms with Gasteiger partial charge in [-0.3, -0.25) is 4.79 Å². The Hall–Kier alpha value is -1.17. The SMILES string of the molecule is Cc1cscc1C(=O)N(Cc1ccsc1)C1CC12CCNCC2. The van der Waals surface area contributed by atoms with E-state index >= 15 is 0 Å². The number of hydrogen-bond donors (Lipinski definition) is 1. The molecule has 2 aromatic rings. The summed E-state index contributed by atoms with van der Waals surface area (Å²) in [5.74, 6) is 0.218. The van der Waals surface area contributed by atoms with Gasteiger partial charge in [0.25, 0.3) is 5.91 Å². The summed E-state index contributed by atoms with van der Waals surface area (Å²) in [5.41, 5.74) is 3.63. The van der Waals surface area contributed by atoms with E-state index in [1.54, 1.807) is 22.7 Å². The van der Waals surface area contributed by atoms with Crippen molar-refractivity contribution >= 4 is 28.6 Å². The molecule has 1 spiro atoms. The normalized spacial score (nSPS) is 22.2. The van der Waals surface area contributed by atoms with Crippen LogP contribution in [0.4, 0.5) is 0 Å². The molecule has 1 saturated heterocycles. The maximum atomic E-state index is 13.2. The van der Waals surface area contributed by atoms with Crippen molar-refractivity contribution in [3.63, 3.8) is 0 Å². The molecular formula is C18H22N2OS2. The fourth-order valence-electron chi connectivity index (χ4n) is 3.87. The average Bonchev–Trinajstić information content (AvgIpc) is 2.97. The van der Waals surface area contributed by atoms with Crippen LogP contribution in [0.2, 0.25) is 0 Å². The number of nitrogens with one attached hydrogen (secondary N) is 1. The van der Waals surface area contributed by atoms with Gasteiger partial charge in [-0.25, -0.2) is 0 Å². The molecule has 2 aromatic heterocycles. The lowest BCUT2D eigenvalue weighted by atomic mass is 9.93. The Morgan fingerprint density at radius 2 is 2.13 bits per heavy atom. The van der Waals surface area contributed by atoms with Gasteiger partial charge >= 0.3 is 0 Å². The fourth-order valence-corrected chi connectivity index (χ4v) is 5.35. The molecule has 1 atom stereocenters. The second-order valence-electron chi connectivity index (χ2n) is 6.87. The van der Waals surface area contributed by atoms with E-state index < -0.39 is 0 Å². The van der Waals surface area contributed by atoms with Crippen LogP contribution in [0.1, 0.15) is 40.7 Å². The fraction of sp³-hybridized carbons (Fsp3) is 0.500. The Balaban J connectivity index is 1.59. The van der Waals surface area contributed by atoms with Crippen molar-refractivity contribution in [2.24, 2.45) is 5.41 Å². The average molecular weight is 347 g/mol. The van der Waals surface area contributed by atoms with Crippen molar-refractivity contribution < 1.29 is 4.79 Å². The number of piperidine rings is 1. The number of carbonyl (C=O) groups excluding carboxylic acids is 1. The zero-order chi connectivity index (χ0) is 15.9. The number of nitrogens with zero attached hydrogens (tertiary/aromatic N) is 1. The molecule has 0 aromatic carbocycles. The Bertz CT molecular complexity index is 686. The summed E-state index contributed by atoms with van der Waals surface area (Å²) in [5, 5.41) is 11.8. The van der Waals surface area contributed by atoms with Crippen LogP contribution < -0.4 is 5.32 Å². The molecule has 1 aliphatic carbocycles. The van der Waals surface area contributed by atoms with Gasteiger partial charge in [0.1, 0.15) is 0 Å². The molecule has 5 heteroatoms. The second kappa shape index (κ2) is 6.04. The summed E-state index contributed by atoms with van der Waals surface area (Å²) in [6, 6.07) is 2.56. The third kappa shape index (κ3) is 2.86. The van der Waals surface area contributed by atoms with Gasteiger partial charge in [-0.15, -0.1) is 0 Å². The van der Waals surface area contributed by atoms with Crippen molar-refractivity contribution in [3.8, 4) is 0 Å². The molecule has 3 nitrogen and oxygen atoms in total. The molecule has 4 rings (SSSR count). The molecule has 1 saturated carbocycles. The summed E-state index contributed by atoms with van der Waals surface area (Å²) < 4.78 is 0. The van der Waals surface area contributed by atoms with Gasteiger partial charge in [-0.2, -0.15) is 22.7 Å². The van der Waals surface area contributed by atoms with E-state index in [1.807, 2.05) is 12.3 Å².